The highest BCUT2D eigenvalue weighted by molar-refractivity contribution is 5.69. The summed E-state index contributed by atoms with van der Waals surface area (Å²) in [6.07, 6.45) is 3.21. The lowest BCUT2D eigenvalue weighted by atomic mass is 10.1. The minimum Gasteiger partial charge on any atom is -0.496 e. The highest BCUT2D eigenvalue weighted by Crippen LogP contribution is 2.29. The molecule has 21 heavy (non-hydrogen) atoms. The molecule has 0 bridgehead atoms. The fourth-order valence-corrected chi connectivity index (χ4v) is 1.68. The molecule has 0 fully saturated rings. The van der Waals surface area contributed by atoms with Crippen LogP contribution in [-0.2, 0) is 4.74 Å². The average molecular weight is 293 g/mol. The fourth-order valence-electron chi connectivity index (χ4n) is 1.68. The zero-order valence-electron chi connectivity index (χ0n) is 13.2. The third-order valence-corrected chi connectivity index (χ3v) is 2.51. The molecule has 0 saturated heterocycles. The van der Waals surface area contributed by atoms with Gasteiger partial charge in [0.2, 0.25) is 0 Å². The molecule has 0 radical (unpaired) electrons. The molecule has 0 aliphatic heterocycles. The van der Waals surface area contributed by atoms with Gasteiger partial charge in [-0.15, -0.1) is 0 Å². The van der Waals surface area contributed by atoms with Crippen molar-refractivity contribution < 1.29 is 19.0 Å². The van der Waals surface area contributed by atoms with Crippen molar-refractivity contribution in [1.29, 1.82) is 0 Å². The van der Waals surface area contributed by atoms with Gasteiger partial charge in [0.05, 0.1) is 19.8 Å². The van der Waals surface area contributed by atoms with Crippen molar-refractivity contribution in [3.8, 4) is 11.5 Å². The number of alkyl carbamates (subject to hydrolysis) is 1. The Morgan fingerprint density at radius 1 is 1.19 bits per heavy atom. The Hall–Kier alpha value is -2.17. The number of hydrogen-bond donors (Lipinski definition) is 1. The Kier molecular flexibility index (Phi) is 6.09. The van der Waals surface area contributed by atoms with Crippen LogP contribution in [0.1, 0.15) is 26.3 Å². The van der Waals surface area contributed by atoms with Crippen LogP contribution < -0.4 is 14.8 Å². The van der Waals surface area contributed by atoms with Crippen molar-refractivity contribution >= 4 is 12.2 Å². The maximum Gasteiger partial charge on any atom is 0.407 e. The molecule has 1 N–H and O–H groups in total. The molecule has 1 amide bonds. The van der Waals surface area contributed by atoms with Crippen molar-refractivity contribution in [2.75, 3.05) is 20.8 Å². The first kappa shape index (κ1) is 16.9. The van der Waals surface area contributed by atoms with E-state index in [1.165, 1.54) is 0 Å². The van der Waals surface area contributed by atoms with E-state index in [0.29, 0.717) is 18.0 Å². The largest absolute Gasteiger partial charge is 0.496 e. The molecule has 0 aromatic heterocycles. The number of amides is 1. The predicted octanol–water partition coefficient (Wildman–Crippen LogP) is 3.24. The second-order valence-electron chi connectivity index (χ2n) is 5.36. The first-order valence-corrected chi connectivity index (χ1v) is 6.71. The van der Waals surface area contributed by atoms with Gasteiger partial charge in [-0.1, -0.05) is 12.1 Å². The van der Waals surface area contributed by atoms with Crippen molar-refractivity contribution in [2.45, 2.75) is 26.4 Å². The van der Waals surface area contributed by atoms with Gasteiger partial charge in [0.25, 0.3) is 0 Å². The third kappa shape index (κ3) is 5.77. The summed E-state index contributed by atoms with van der Waals surface area (Å²) in [6, 6.07) is 5.56. The summed E-state index contributed by atoms with van der Waals surface area (Å²) in [4.78, 5) is 11.5. The standard InChI is InChI=1S/C16H23NO4/c1-16(2,3)21-15(18)17-11-7-8-12-13(19-4)9-6-10-14(12)20-5/h6-10H,11H2,1-5H3,(H,17,18). The molecule has 0 aliphatic rings. The number of hydrogen-bond acceptors (Lipinski definition) is 4. The molecular formula is C16H23NO4. The molecule has 1 aromatic rings. The summed E-state index contributed by atoms with van der Waals surface area (Å²) >= 11 is 0. The van der Waals surface area contributed by atoms with E-state index in [9.17, 15) is 4.79 Å². The highest BCUT2D eigenvalue weighted by Gasteiger charge is 2.15. The maximum absolute atomic E-state index is 11.5. The van der Waals surface area contributed by atoms with Crippen molar-refractivity contribution in [1.82, 2.24) is 5.32 Å². The van der Waals surface area contributed by atoms with E-state index >= 15 is 0 Å². The van der Waals surface area contributed by atoms with Gasteiger partial charge < -0.3 is 19.5 Å². The van der Waals surface area contributed by atoms with E-state index < -0.39 is 11.7 Å². The van der Waals surface area contributed by atoms with E-state index in [4.69, 9.17) is 14.2 Å². The number of carbonyl (C=O) groups excluding carboxylic acids is 1. The van der Waals surface area contributed by atoms with Crippen LogP contribution in [0, 0.1) is 0 Å². The number of methoxy groups -OCH3 is 2. The molecule has 0 spiro atoms. The molecule has 1 rings (SSSR count). The minimum absolute atomic E-state index is 0.357. The van der Waals surface area contributed by atoms with Crippen LogP contribution in [0.2, 0.25) is 0 Å². The average Bonchev–Trinajstić information content (AvgIpc) is 2.41. The Labute approximate surface area is 125 Å². The van der Waals surface area contributed by atoms with Crippen LogP contribution in [0.5, 0.6) is 11.5 Å². The first-order chi connectivity index (χ1) is 9.87. The van der Waals surface area contributed by atoms with Crippen LogP contribution in [-0.4, -0.2) is 32.5 Å². The SMILES string of the molecule is COc1cccc(OC)c1C=CCNC(=O)OC(C)(C)C. The highest BCUT2D eigenvalue weighted by atomic mass is 16.6. The Morgan fingerprint density at radius 2 is 1.76 bits per heavy atom. The molecule has 5 nitrogen and oxygen atoms in total. The number of carbonyl (C=O) groups is 1. The van der Waals surface area contributed by atoms with Gasteiger partial charge in [-0.3, -0.25) is 0 Å². The summed E-state index contributed by atoms with van der Waals surface area (Å²) in [5.41, 5.74) is 0.327. The summed E-state index contributed by atoms with van der Waals surface area (Å²) < 4.78 is 15.7. The van der Waals surface area contributed by atoms with Gasteiger partial charge in [-0.05, 0) is 39.0 Å². The Morgan fingerprint density at radius 3 is 2.24 bits per heavy atom. The molecule has 1 aromatic carbocycles. The lowest BCUT2D eigenvalue weighted by Gasteiger charge is -2.19. The smallest absolute Gasteiger partial charge is 0.407 e. The van der Waals surface area contributed by atoms with Gasteiger partial charge in [0.1, 0.15) is 17.1 Å². The second kappa shape index (κ2) is 7.57. The Balaban J connectivity index is 2.64. The normalized spacial score (nSPS) is 11.3. The van der Waals surface area contributed by atoms with Crippen molar-refractivity contribution in [2.24, 2.45) is 0 Å². The minimum atomic E-state index is -0.500. The zero-order valence-corrected chi connectivity index (χ0v) is 13.2. The Bertz CT molecular complexity index is 481. The van der Waals surface area contributed by atoms with Crippen LogP contribution in [0.4, 0.5) is 4.79 Å². The van der Waals surface area contributed by atoms with E-state index in [1.54, 1.807) is 14.2 Å². The molecule has 5 heteroatoms. The first-order valence-electron chi connectivity index (χ1n) is 6.71. The van der Waals surface area contributed by atoms with Crippen LogP contribution in [0.25, 0.3) is 6.08 Å². The lowest BCUT2D eigenvalue weighted by Crippen LogP contribution is -2.32. The predicted molar refractivity (Wildman–Crippen MR) is 82.8 cm³/mol. The summed E-state index contributed by atoms with van der Waals surface area (Å²) in [5.74, 6) is 1.42. The number of nitrogens with one attached hydrogen (secondary N) is 1. The fraction of sp³-hybridized carbons (Fsp3) is 0.438. The number of rotatable bonds is 5. The van der Waals surface area contributed by atoms with E-state index in [2.05, 4.69) is 5.32 Å². The quantitative estimate of drug-likeness (QED) is 0.905. The molecule has 0 heterocycles. The summed E-state index contributed by atoms with van der Waals surface area (Å²) in [5, 5.41) is 2.65. The number of ether oxygens (including phenoxy) is 3. The molecule has 0 unspecified atom stereocenters. The van der Waals surface area contributed by atoms with E-state index in [-0.39, 0.29) is 0 Å². The van der Waals surface area contributed by atoms with Crippen molar-refractivity contribution in [3.63, 3.8) is 0 Å². The molecular weight excluding hydrogens is 270 g/mol. The van der Waals surface area contributed by atoms with E-state index in [0.717, 1.165) is 5.56 Å². The third-order valence-electron chi connectivity index (χ3n) is 2.51. The maximum atomic E-state index is 11.5. The van der Waals surface area contributed by atoms with Crippen LogP contribution >= 0.6 is 0 Å². The van der Waals surface area contributed by atoms with E-state index in [1.807, 2.05) is 51.1 Å². The second-order valence-corrected chi connectivity index (χ2v) is 5.36. The molecule has 0 atom stereocenters. The summed E-state index contributed by atoms with van der Waals surface area (Å²) in [6.45, 7) is 5.82. The van der Waals surface area contributed by atoms with Crippen LogP contribution in [0.15, 0.2) is 24.3 Å². The van der Waals surface area contributed by atoms with Gasteiger partial charge >= 0.3 is 6.09 Å². The number of benzene rings is 1. The molecule has 0 saturated carbocycles. The lowest BCUT2D eigenvalue weighted by molar-refractivity contribution is 0.0534. The molecule has 116 valence electrons. The van der Waals surface area contributed by atoms with Gasteiger partial charge in [0, 0.05) is 6.54 Å². The topological polar surface area (TPSA) is 56.8 Å². The van der Waals surface area contributed by atoms with Gasteiger partial charge in [-0.25, -0.2) is 4.79 Å². The molecule has 0 aliphatic carbocycles. The van der Waals surface area contributed by atoms with Gasteiger partial charge in [-0.2, -0.15) is 0 Å². The van der Waals surface area contributed by atoms with Crippen LogP contribution in [0.3, 0.4) is 0 Å². The monoisotopic (exact) mass is 293 g/mol. The van der Waals surface area contributed by atoms with Gasteiger partial charge in [0.15, 0.2) is 0 Å². The zero-order chi connectivity index (χ0) is 15.9. The van der Waals surface area contributed by atoms with Crippen molar-refractivity contribution in [3.05, 3.63) is 29.8 Å². The summed E-state index contributed by atoms with van der Waals surface area (Å²) in [7, 11) is 3.20.